The van der Waals surface area contributed by atoms with Crippen molar-refractivity contribution >= 4 is 5.69 Å². The smallest absolute Gasteiger partial charge is 0.0370 e. The molecule has 23 heavy (non-hydrogen) atoms. The Balaban J connectivity index is 1.41. The Morgan fingerprint density at radius 3 is 2.17 bits per heavy atom. The van der Waals surface area contributed by atoms with Crippen LogP contribution in [0.1, 0.15) is 52.4 Å². The molecule has 4 unspecified atom stereocenters. The van der Waals surface area contributed by atoms with E-state index in [2.05, 4.69) is 49.1 Å². The van der Waals surface area contributed by atoms with Crippen molar-refractivity contribution < 1.29 is 0 Å². The van der Waals surface area contributed by atoms with Crippen LogP contribution in [0.3, 0.4) is 0 Å². The molecule has 2 spiro atoms. The first-order chi connectivity index (χ1) is 11.0. The van der Waals surface area contributed by atoms with E-state index in [9.17, 15) is 0 Å². The zero-order chi connectivity index (χ0) is 15.4. The Bertz CT molecular complexity index is 636. The highest BCUT2D eigenvalue weighted by Gasteiger charge is 2.79. The lowest BCUT2D eigenvalue weighted by atomic mass is 9.40. The van der Waals surface area contributed by atoms with Crippen molar-refractivity contribution in [1.82, 2.24) is 0 Å². The molecule has 1 heteroatoms. The molecule has 4 aliphatic carbocycles. The van der Waals surface area contributed by atoms with Gasteiger partial charge < -0.3 is 4.90 Å². The van der Waals surface area contributed by atoms with Gasteiger partial charge in [0.15, 0.2) is 0 Å². The minimum Gasteiger partial charge on any atom is -0.366 e. The molecule has 0 radical (unpaired) electrons. The second-order valence-corrected chi connectivity index (χ2v) is 10.3. The Morgan fingerprint density at radius 1 is 0.870 bits per heavy atom. The number of nitrogens with zero attached hydrogens (tertiary/aromatic N) is 1. The van der Waals surface area contributed by atoms with Gasteiger partial charge in [-0.15, -0.1) is 0 Å². The lowest BCUT2D eigenvalue weighted by molar-refractivity contribution is -0.155. The quantitative estimate of drug-likeness (QED) is 0.696. The Morgan fingerprint density at radius 2 is 1.52 bits per heavy atom. The maximum atomic E-state index is 2.76. The highest BCUT2D eigenvalue weighted by Crippen LogP contribution is 2.84. The zero-order valence-electron chi connectivity index (χ0n) is 14.6. The van der Waals surface area contributed by atoms with Gasteiger partial charge >= 0.3 is 0 Å². The lowest BCUT2D eigenvalue weighted by Gasteiger charge is -2.64. The molecule has 122 valence electrons. The predicted molar refractivity (Wildman–Crippen MR) is 94.4 cm³/mol. The third-order valence-electron chi connectivity index (χ3n) is 8.93. The van der Waals surface area contributed by atoms with Gasteiger partial charge in [-0.25, -0.2) is 0 Å². The summed E-state index contributed by atoms with van der Waals surface area (Å²) in [7, 11) is 0. The second kappa shape index (κ2) is 3.81. The van der Waals surface area contributed by atoms with Crippen LogP contribution in [-0.2, 0) is 0 Å². The predicted octanol–water partition coefficient (Wildman–Crippen LogP) is 5.12. The normalized spacial score (nSPS) is 51.3. The molecule has 4 saturated carbocycles. The summed E-state index contributed by atoms with van der Waals surface area (Å²) >= 11 is 0. The molecule has 1 nitrogen and oxygen atoms in total. The molecule has 5 aliphatic rings. The highest BCUT2D eigenvalue weighted by atomic mass is 15.2. The van der Waals surface area contributed by atoms with E-state index < -0.39 is 0 Å². The van der Waals surface area contributed by atoms with E-state index in [1.54, 1.807) is 32.1 Å². The van der Waals surface area contributed by atoms with Crippen molar-refractivity contribution in [3.8, 4) is 0 Å². The minimum absolute atomic E-state index is 0.322. The fourth-order valence-corrected chi connectivity index (χ4v) is 8.85. The van der Waals surface area contributed by atoms with Crippen LogP contribution in [0, 0.1) is 34.5 Å². The molecule has 1 heterocycles. The van der Waals surface area contributed by atoms with Gasteiger partial charge in [0.05, 0.1) is 0 Å². The number of hydrogen-bond donors (Lipinski definition) is 0. The molecule has 6 rings (SSSR count). The van der Waals surface area contributed by atoms with E-state index in [0.717, 1.165) is 29.1 Å². The molecule has 3 bridgehead atoms. The van der Waals surface area contributed by atoms with Gasteiger partial charge in [0, 0.05) is 17.8 Å². The summed E-state index contributed by atoms with van der Waals surface area (Å²) in [5.74, 6) is 4.31. The van der Waals surface area contributed by atoms with Crippen LogP contribution in [-0.4, -0.2) is 12.1 Å². The maximum Gasteiger partial charge on any atom is 0.0370 e. The van der Waals surface area contributed by atoms with Crippen molar-refractivity contribution in [2.24, 2.45) is 34.5 Å². The molecular weight excluding hydrogens is 278 g/mol. The van der Waals surface area contributed by atoms with E-state index in [1.807, 2.05) is 0 Å². The van der Waals surface area contributed by atoms with Crippen LogP contribution in [0.4, 0.5) is 5.69 Å². The molecule has 1 aromatic rings. The first-order valence-electron chi connectivity index (χ1n) is 9.86. The first kappa shape index (κ1) is 13.3. The van der Waals surface area contributed by atoms with Gasteiger partial charge in [0.1, 0.15) is 0 Å². The van der Waals surface area contributed by atoms with Crippen LogP contribution < -0.4 is 4.90 Å². The van der Waals surface area contributed by atoms with E-state index >= 15 is 0 Å². The third kappa shape index (κ3) is 1.39. The van der Waals surface area contributed by atoms with Crippen molar-refractivity contribution in [2.45, 2.75) is 57.9 Å². The van der Waals surface area contributed by atoms with Crippen LogP contribution in [0.5, 0.6) is 0 Å². The highest BCUT2D eigenvalue weighted by molar-refractivity contribution is 5.52. The molecule has 1 aliphatic heterocycles. The van der Waals surface area contributed by atoms with Crippen molar-refractivity contribution in [3.63, 3.8) is 0 Å². The molecule has 1 saturated heterocycles. The van der Waals surface area contributed by atoms with Crippen LogP contribution in [0.2, 0.25) is 0 Å². The van der Waals surface area contributed by atoms with Gasteiger partial charge in [0.2, 0.25) is 0 Å². The van der Waals surface area contributed by atoms with Gasteiger partial charge in [-0.2, -0.15) is 0 Å². The second-order valence-electron chi connectivity index (χ2n) is 10.3. The Hall–Kier alpha value is -0.980. The summed E-state index contributed by atoms with van der Waals surface area (Å²) in [4.78, 5) is 2.76. The van der Waals surface area contributed by atoms with Gasteiger partial charge in [0.25, 0.3) is 0 Å². The van der Waals surface area contributed by atoms with E-state index in [0.29, 0.717) is 11.0 Å². The Labute approximate surface area is 140 Å². The fraction of sp³-hybridized carbons (Fsp3) is 0.727. The van der Waals surface area contributed by atoms with Gasteiger partial charge in [-0.1, -0.05) is 18.2 Å². The Kier molecular flexibility index (Phi) is 2.21. The van der Waals surface area contributed by atoms with E-state index in [1.165, 1.54) is 18.7 Å². The van der Waals surface area contributed by atoms with Crippen LogP contribution in [0.25, 0.3) is 0 Å². The maximum absolute atomic E-state index is 2.76. The summed E-state index contributed by atoms with van der Waals surface area (Å²) < 4.78 is 0. The molecule has 0 amide bonds. The number of rotatable bonds is 1. The van der Waals surface area contributed by atoms with E-state index in [4.69, 9.17) is 0 Å². The van der Waals surface area contributed by atoms with Gasteiger partial charge in [-0.3, -0.25) is 0 Å². The van der Waals surface area contributed by atoms with Crippen molar-refractivity contribution in [2.75, 3.05) is 11.4 Å². The summed E-state index contributed by atoms with van der Waals surface area (Å²) in [5, 5.41) is 0. The largest absolute Gasteiger partial charge is 0.366 e. The van der Waals surface area contributed by atoms with Crippen molar-refractivity contribution in [3.05, 3.63) is 30.3 Å². The zero-order valence-corrected chi connectivity index (χ0v) is 14.6. The summed E-state index contributed by atoms with van der Waals surface area (Å²) in [6.45, 7) is 6.33. The molecule has 5 fully saturated rings. The third-order valence-corrected chi connectivity index (χ3v) is 8.93. The van der Waals surface area contributed by atoms with Crippen LogP contribution >= 0.6 is 0 Å². The topological polar surface area (TPSA) is 3.24 Å². The molecule has 4 atom stereocenters. The molecule has 1 aromatic carbocycles. The van der Waals surface area contributed by atoms with Gasteiger partial charge in [-0.05, 0) is 99.0 Å². The monoisotopic (exact) mass is 307 g/mol. The minimum atomic E-state index is 0.322. The summed E-state index contributed by atoms with van der Waals surface area (Å²) in [6.07, 6.45) is 9.37. The van der Waals surface area contributed by atoms with Crippen LogP contribution in [0.15, 0.2) is 30.3 Å². The number of fused-ring (bicyclic) bond motifs is 4. The van der Waals surface area contributed by atoms with E-state index in [-0.39, 0.29) is 0 Å². The molecular formula is C22H29N. The number of hydrogen-bond acceptors (Lipinski definition) is 1. The number of anilines is 1. The average Bonchev–Trinajstić information content (AvgIpc) is 3.06. The SMILES string of the molecule is CC1(C)CC2(CN1c1ccccc1)C1CC3CC4CC2C1(C3)C4. The fourth-order valence-electron chi connectivity index (χ4n) is 8.85. The molecule has 0 aromatic heterocycles. The lowest BCUT2D eigenvalue weighted by Crippen LogP contribution is -2.61. The first-order valence-corrected chi connectivity index (χ1v) is 9.86. The summed E-state index contributed by atoms with van der Waals surface area (Å²) in [6, 6.07) is 11.2. The number of benzene rings is 1. The van der Waals surface area contributed by atoms with Crippen molar-refractivity contribution in [1.29, 1.82) is 0 Å². The summed E-state index contributed by atoms with van der Waals surface area (Å²) in [5.41, 5.74) is 3.25. The standard InChI is InChI=1S/C22H29N/c1-20(2)13-22(14-23(20)17-6-4-3-5-7-17)18-9-15-8-16-10-19(22)21(18,11-15)12-16/h3-7,15-16,18-19H,8-14H2,1-2H3. The molecule has 0 N–H and O–H groups in total. The number of para-hydroxylation sites is 1. The average molecular weight is 307 g/mol.